The number of furan rings is 1. The molecule has 0 aliphatic rings. The summed E-state index contributed by atoms with van der Waals surface area (Å²) >= 11 is 1.38. The van der Waals surface area contributed by atoms with Gasteiger partial charge in [-0.1, -0.05) is 0 Å². The highest BCUT2D eigenvalue weighted by atomic mass is 32.2. The predicted molar refractivity (Wildman–Crippen MR) is 80.0 cm³/mol. The molecule has 0 saturated carbocycles. The molecule has 3 rings (SSSR count). The summed E-state index contributed by atoms with van der Waals surface area (Å²) in [6.07, 6.45) is 3.19. The van der Waals surface area contributed by atoms with E-state index in [1.807, 2.05) is 6.92 Å². The van der Waals surface area contributed by atoms with Gasteiger partial charge in [-0.05, 0) is 19.1 Å². The molecule has 0 amide bonds. The number of sulfonamides is 1. The molecule has 21 heavy (non-hydrogen) atoms. The number of fused-ring (bicyclic) bond motifs is 1. The molecule has 112 valence electrons. The lowest BCUT2D eigenvalue weighted by atomic mass is 10.5. The molecule has 0 aliphatic carbocycles. The number of nitrogens with one attached hydrogen (secondary N) is 2. The van der Waals surface area contributed by atoms with Gasteiger partial charge in [0.25, 0.3) is 10.0 Å². The van der Waals surface area contributed by atoms with E-state index in [9.17, 15) is 8.42 Å². The Morgan fingerprint density at radius 2 is 2.33 bits per heavy atom. The molecular weight excluding hydrogens is 312 g/mol. The molecule has 0 aliphatic heterocycles. The topological polar surface area (TPSA) is 88.6 Å². The molecule has 0 bridgehead atoms. The molecule has 2 N–H and O–H groups in total. The van der Waals surface area contributed by atoms with E-state index < -0.39 is 10.0 Å². The van der Waals surface area contributed by atoms with Crippen molar-refractivity contribution < 1.29 is 12.8 Å². The number of aromatic nitrogens is 2. The van der Waals surface area contributed by atoms with Crippen LogP contribution in [0, 0.1) is 0 Å². The molecule has 0 saturated heterocycles. The Kier molecular flexibility index (Phi) is 3.70. The summed E-state index contributed by atoms with van der Waals surface area (Å²) in [7, 11) is -3.71. The van der Waals surface area contributed by atoms with Gasteiger partial charge < -0.3 is 9.73 Å². The van der Waals surface area contributed by atoms with Crippen LogP contribution in [0.1, 0.15) is 12.7 Å². The fourth-order valence-corrected chi connectivity index (χ4v) is 3.97. The van der Waals surface area contributed by atoms with Crippen LogP contribution in [0.4, 0.5) is 5.82 Å². The van der Waals surface area contributed by atoms with Gasteiger partial charge in [-0.3, -0.25) is 4.40 Å². The third-order valence-corrected chi connectivity index (χ3v) is 5.01. The van der Waals surface area contributed by atoms with Crippen molar-refractivity contribution in [3.8, 4) is 0 Å². The first-order valence-corrected chi connectivity index (χ1v) is 8.69. The summed E-state index contributed by atoms with van der Waals surface area (Å²) in [5, 5.41) is 4.90. The third-order valence-electron chi connectivity index (χ3n) is 2.83. The summed E-state index contributed by atoms with van der Waals surface area (Å²) in [6.45, 7) is 2.57. The Hall–Kier alpha value is -1.84. The van der Waals surface area contributed by atoms with E-state index in [0.29, 0.717) is 23.1 Å². The first kappa shape index (κ1) is 14.1. The highest BCUT2D eigenvalue weighted by molar-refractivity contribution is 7.89. The molecule has 7 nitrogen and oxygen atoms in total. The Bertz CT molecular complexity index is 833. The molecule has 9 heteroatoms. The number of thiazole rings is 1. The van der Waals surface area contributed by atoms with Crippen LogP contribution in [-0.4, -0.2) is 24.3 Å². The largest absolute Gasteiger partial charge is 0.468 e. The Morgan fingerprint density at radius 1 is 1.48 bits per heavy atom. The maximum Gasteiger partial charge on any atom is 0.260 e. The van der Waals surface area contributed by atoms with Gasteiger partial charge in [0, 0.05) is 18.1 Å². The molecular formula is C12H14N4O3S2. The van der Waals surface area contributed by atoms with E-state index >= 15 is 0 Å². The van der Waals surface area contributed by atoms with Crippen LogP contribution in [0.15, 0.2) is 39.4 Å². The molecule has 0 radical (unpaired) electrons. The van der Waals surface area contributed by atoms with Gasteiger partial charge in [-0.25, -0.2) is 18.1 Å². The number of hydrogen-bond donors (Lipinski definition) is 2. The molecule has 0 unspecified atom stereocenters. The lowest BCUT2D eigenvalue weighted by molar-refractivity contribution is 0.498. The van der Waals surface area contributed by atoms with Crippen LogP contribution in [-0.2, 0) is 16.6 Å². The number of anilines is 1. The first-order chi connectivity index (χ1) is 10.1. The standard InChI is InChI=1S/C12H14N4O3S2/c1-2-13-10-11(16-5-7-20-12(16)15-10)21(17,18)14-8-9-4-3-6-19-9/h3-7,13-14H,2,8H2,1H3. The van der Waals surface area contributed by atoms with Gasteiger partial charge in [0.05, 0.1) is 12.8 Å². The van der Waals surface area contributed by atoms with E-state index in [-0.39, 0.29) is 11.6 Å². The van der Waals surface area contributed by atoms with Crippen LogP contribution in [0.3, 0.4) is 0 Å². The number of imidazole rings is 1. The molecule has 3 heterocycles. The van der Waals surface area contributed by atoms with Crippen LogP contribution >= 0.6 is 11.3 Å². The summed E-state index contributed by atoms with van der Waals surface area (Å²) in [5.41, 5.74) is 0. The average molecular weight is 326 g/mol. The molecule has 3 aromatic rings. The van der Waals surface area contributed by atoms with Crippen LogP contribution < -0.4 is 10.0 Å². The van der Waals surface area contributed by atoms with Crippen molar-refractivity contribution in [1.29, 1.82) is 0 Å². The van der Waals surface area contributed by atoms with Crippen LogP contribution in [0.25, 0.3) is 4.96 Å². The highest BCUT2D eigenvalue weighted by Crippen LogP contribution is 2.25. The molecule has 0 aromatic carbocycles. The first-order valence-electron chi connectivity index (χ1n) is 6.33. The maximum atomic E-state index is 12.5. The summed E-state index contributed by atoms with van der Waals surface area (Å²) in [5.74, 6) is 0.908. The molecule has 0 spiro atoms. The minimum absolute atomic E-state index is 0.0955. The zero-order valence-electron chi connectivity index (χ0n) is 11.2. The van der Waals surface area contributed by atoms with Crippen molar-refractivity contribution in [3.05, 3.63) is 35.7 Å². The van der Waals surface area contributed by atoms with Crippen molar-refractivity contribution in [3.63, 3.8) is 0 Å². The molecule has 0 atom stereocenters. The summed E-state index contributed by atoms with van der Waals surface area (Å²) in [6, 6.07) is 3.42. The van der Waals surface area contributed by atoms with Crippen molar-refractivity contribution in [1.82, 2.24) is 14.1 Å². The lowest BCUT2D eigenvalue weighted by Gasteiger charge is -2.07. The van der Waals surface area contributed by atoms with Gasteiger partial charge in [0.2, 0.25) is 0 Å². The highest BCUT2D eigenvalue weighted by Gasteiger charge is 2.25. The van der Waals surface area contributed by atoms with Gasteiger partial charge in [-0.2, -0.15) is 0 Å². The summed E-state index contributed by atoms with van der Waals surface area (Å²) < 4.78 is 34.3. The Balaban J connectivity index is 1.96. The van der Waals surface area contributed by atoms with E-state index in [4.69, 9.17) is 4.42 Å². The minimum atomic E-state index is -3.71. The Labute approximate surface area is 125 Å². The van der Waals surface area contributed by atoms with E-state index in [1.165, 1.54) is 17.6 Å². The number of rotatable bonds is 6. The minimum Gasteiger partial charge on any atom is -0.468 e. The lowest BCUT2D eigenvalue weighted by Crippen LogP contribution is -2.25. The number of hydrogen-bond acceptors (Lipinski definition) is 6. The van der Waals surface area contributed by atoms with Crippen molar-refractivity contribution >= 4 is 32.1 Å². The van der Waals surface area contributed by atoms with E-state index in [2.05, 4.69) is 15.0 Å². The molecule has 0 fully saturated rings. The third kappa shape index (κ3) is 2.67. The Morgan fingerprint density at radius 3 is 3.05 bits per heavy atom. The quantitative estimate of drug-likeness (QED) is 0.722. The van der Waals surface area contributed by atoms with Crippen molar-refractivity contribution in [2.24, 2.45) is 0 Å². The zero-order chi connectivity index (χ0) is 14.9. The second-order valence-corrected chi connectivity index (χ2v) is 6.81. The van der Waals surface area contributed by atoms with Crippen molar-refractivity contribution in [2.75, 3.05) is 11.9 Å². The maximum absolute atomic E-state index is 12.5. The van der Waals surface area contributed by atoms with Gasteiger partial charge in [0.1, 0.15) is 5.76 Å². The second-order valence-electron chi connectivity index (χ2n) is 4.26. The smallest absolute Gasteiger partial charge is 0.260 e. The van der Waals surface area contributed by atoms with E-state index in [0.717, 1.165) is 0 Å². The fourth-order valence-electron chi connectivity index (χ4n) is 1.95. The van der Waals surface area contributed by atoms with Crippen LogP contribution in [0.2, 0.25) is 0 Å². The molecule has 3 aromatic heterocycles. The monoisotopic (exact) mass is 326 g/mol. The SMILES string of the molecule is CCNc1nc2sccn2c1S(=O)(=O)NCc1ccco1. The normalized spacial score (nSPS) is 12.0. The summed E-state index contributed by atoms with van der Waals surface area (Å²) in [4.78, 5) is 4.93. The van der Waals surface area contributed by atoms with E-state index in [1.54, 1.807) is 28.1 Å². The van der Waals surface area contributed by atoms with Gasteiger partial charge in [-0.15, -0.1) is 11.3 Å². The van der Waals surface area contributed by atoms with Crippen molar-refractivity contribution in [2.45, 2.75) is 18.5 Å². The predicted octanol–water partition coefficient (Wildman–Crippen LogP) is 1.90. The zero-order valence-corrected chi connectivity index (χ0v) is 12.9. The fraction of sp³-hybridized carbons (Fsp3) is 0.250. The van der Waals surface area contributed by atoms with Crippen LogP contribution in [0.5, 0.6) is 0 Å². The van der Waals surface area contributed by atoms with Gasteiger partial charge >= 0.3 is 0 Å². The average Bonchev–Trinajstić information content (AvgIpc) is 3.12. The van der Waals surface area contributed by atoms with Gasteiger partial charge in [0.15, 0.2) is 15.8 Å². The number of nitrogens with zero attached hydrogens (tertiary/aromatic N) is 2. The second kappa shape index (κ2) is 5.51.